The molecule has 0 N–H and O–H groups in total. The zero-order chi connectivity index (χ0) is 16.4. The number of benzene rings is 2. The number of anilines is 2. The highest BCUT2D eigenvalue weighted by molar-refractivity contribution is 8.19. The summed E-state index contributed by atoms with van der Waals surface area (Å²) in [6, 6.07) is 16.8. The summed E-state index contributed by atoms with van der Waals surface area (Å²) in [7, 11) is 3.94. The number of para-hydroxylation sites is 1. The van der Waals surface area contributed by atoms with Crippen molar-refractivity contribution < 1.29 is 9.59 Å². The maximum absolute atomic E-state index is 12.5. The van der Waals surface area contributed by atoms with E-state index in [2.05, 4.69) is 0 Å². The Hall–Kier alpha value is -2.53. The van der Waals surface area contributed by atoms with Gasteiger partial charge in [-0.05, 0) is 47.7 Å². The van der Waals surface area contributed by atoms with Crippen LogP contribution in [0.2, 0.25) is 0 Å². The number of amides is 2. The summed E-state index contributed by atoms with van der Waals surface area (Å²) in [5.41, 5.74) is 2.58. The van der Waals surface area contributed by atoms with Crippen molar-refractivity contribution in [1.29, 1.82) is 0 Å². The predicted molar refractivity (Wildman–Crippen MR) is 95.7 cm³/mol. The molecular weight excluding hydrogens is 308 g/mol. The molecule has 0 spiro atoms. The van der Waals surface area contributed by atoms with E-state index < -0.39 is 0 Å². The second-order valence-electron chi connectivity index (χ2n) is 5.34. The minimum atomic E-state index is -0.275. The smallest absolute Gasteiger partial charge is 0.298 e. The van der Waals surface area contributed by atoms with E-state index in [-0.39, 0.29) is 11.1 Å². The van der Waals surface area contributed by atoms with E-state index in [4.69, 9.17) is 0 Å². The zero-order valence-corrected chi connectivity index (χ0v) is 13.7. The van der Waals surface area contributed by atoms with Crippen LogP contribution in [-0.4, -0.2) is 25.2 Å². The highest BCUT2D eigenvalue weighted by Crippen LogP contribution is 2.35. The van der Waals surface area contributed by atoms with Crippen molar-refractivity contribution in [1.82, 2.24) is 0 Å². The Bertz CT molecular complexity index is 767. The number of hydrogen-bond acceptors (Lipinski definition) is 4. The summed E-state index contributed by atoms with van der Waals surface area (Å²) >= 11 is 0.970. The standard InChI is InChI=1S/C18H16N2O2S/c1-19(2)14-10-8-13(9-11-14)12-16-17(21)20(18(22)23-16)15-6-4-3-5-7-15/h3-12H,1-2H3. The maximum Gasteiger partial charge on any atom is 0.298 e. The van der Waals surface area contributed by atoms with E-state index in [1.54, 1.807) is 18.2 Å². The van der Waals surface area contributed by atoms with Gasteiger partial charge in [-0.2, -0.15) is 0 Å². The lowest BCUT2D eigenvalue weighted by molar-refractivity contribution is -0.113. The molecule has 1 aliphatic heterocycles. The van der Waals surface area contributed by atoms with Gasteiger partial charge in [0, 0.05) is 19.8 Å². The van der Waals surface area contributed by atoms with Crippen molar-refractivity contribution in [3.63, 3.8) is 0 Å². The summed E-state index contributed by atoms with van der Waals surface area (Å²) in [6.45, 7) is 0. The summed E-state index contributed by atoms with van der Waals surface area (Å²) in [4.78, 5) is 28.3. The molecule has 0 saturated carbocycles. The molecule has 1 heterocycles. The van der Waals surface area contributed by atoms with Gasteiger partial charge in [0.2, 0.25) is 0 Å². The lowest BCUT2D eigenvalue weighted by Crippen LogP contribution is -2.27. The minimum absolute atomic E-state index is 0.266. The van der Waals surface area contributed by atoms with Gasteiger partial charge < -0.3 is 4.90 Å². The highest BCUT2D eigenvalue weighted by Gasteiger charge is 2.36. The molecule has 0 bridgehead atoms. The third-order valence-corrected chi connectivity index (χ3v) is 4.38. The first kappa shape index (κ1) is 15.4. The van der Waals surface area contributed by atoms with Crippen molar-refractivity contribution in [2.75, 3.05) is 23.9 Å². The van der Waals surface area contributed by atoms with E-state index in [9.17, 15) is 9.59 Å². The van der Waals surface area contributed by atoms with E-state index in [0.29, 0.717) is 10.6 Å². The van der Waals surface area contributed by atoms with Gasteiger partial charge in [0.25, 0.3) is 11.1 Å². The molecule has 1 fully saturated rings. The molecule has 2 amide bonds. The van der Waals surface area contributed by atoms with Gasteiger partial charge >= 0.3 is 0 Å². The average molecular weight is 324 g/mol. The lowest BCUT2D eigenvalue weighted by atomic mass is 10.2. The third kappa shape index (κ3) is 3.14. The van der Waals surface area contributed by atoms with Crippen molar-refractivity contribution in [2.45, 2.75) is 0 Å². The van der Waals surface area contributed by atoms with Gasteiger partial charge in [0.1, 0.15) is 0 Å². The molecule has 2 aromatic rings. The van der Waals surface area contributed by atoms with Crippen LogP contribution in [-0.2, 0) is 4.79 Å². The quantitative estimate of drug-likeness (QED) is 0.800. The van der Waals surface area contributed by atoms with Crippen LogP contribution >= 0.6 is 11.8 Å². The Morgan fingerprint density at radius 3 is 2.22 bits per heavy atom. The van der Waals surface area contributed by atoms with E-state index in [1.165, 1.54) is 4.90 Å². The van der Waals surface area contributed by atoms with Gasteiger partial charge in [0.15, 0.2) is 0 Å². The van der Waals surface area contributed by atoms with Crippen LogP contribution in [0, 0.1) is 0 Å². The zero-order valence-electron chi connectivity index (χ0n) is 12.9. The van der Waals surface area contributed by atoms with Crippen LogP contribution in [0.3, 0.4) is 0 Å². The van der Waals surface area contributed by atoms with Crippen molar-refractivity contribution >= 4 is 40.4 Å². The van der Waals surface area contributed by atoms with Gasteiger partial charge in [-0.25, -0.2) is 4.90 Å². The Labute approximate surface area is 139 Å². The Kier molecular flexibility index (Phi) is 4.21. The average Bonchev–Trinajstić information content (AvgIpc) is 2.82. The monoisotopic (exact) mass is 324 g/mol. The third-order valence-electron chi connectivity index (χ3n) is 3.52. The molecule has 2 aromatic carbocycles. The van der Waals surface area contributed by atoms with Gasteiger partial charge in [-0.3, -0.25) is 9.59 Å². The lowest BCUT2D eigenvalue weighted by Gasteiger charge is -2.12. The van der Waals surface area contributed by atoms with E-state index >= 15 is 0 Å². The number of imide groups is 1. The Balaban J connectivity index is 1.87. The number of thioether (sulfide) groups is 1. The summed E-state index contributed by atoms with van der Waals surface area (Å²) in [6.07, 6.45) is 1.76. The van der Waals surface area contributed by atoms with Crippen molar-refractivity contribution in [3.8, 4) is 0 Å². The van der Waals surface area contributed by atoms with Crippen molar-refractivity contribution in [3.05, 3.63) is 65.1 Å². The highest BCUT2D eigenvalue weighted by atomic mass is 32.2. The number of carbonyl (C=O) groups excluding carboxylic acids is 2. The van der Waals surface area contributed by atoms with E-state index in [1.807, 2.05) is 61.5 Å². The van der Waals surface area contributed by atoms with E-state index in [0.717, 1.165) is 23.0 Å². The van der Waals surface area contributed by atoms with Crippen molar-refractivity contribution in [2.24, 2.45) is 0 Å². The molecule has 23 heavy (non-hydrogen) atoms. The van der Waals surface area contributed by atoms with Gasteiger partial charge in [-0.1, -0.05) is 30.3 Å². The van der Waals surface area contributed by atoms with Crippen LogP contribution in [0.25, 0.3) is 6.08 Å². The van der Waals surface area contributed by atoms with Crippen LogP contribution in [0.15, 0.2) is 59.5 Å². The SMILES string of the molecule is CN(C)c1ccc(C=C2SC(=O)N(c3ccccc3)C2=O)cc1. The largest absolute Gasteiger partial charge is 0.378 e. The second kappa shape index (κ2) is 6.30. The predicted octanol–water partition coefficient (Wildman–Crippen LogP) is 3.99. The number of rotatable bonds is 3. The fourth-order valence-electron chi connectivity index (χ4n) is 2.29. The maximum atomic E-state index is 12.5. The second-order valence-corrected chi connectivity index (χ2v) is 6.33. The first-order valence-electron chi connectivity index (χ1n) is 7.16. The van der Waals surface area contributed by atoms with Crippen LogP contribution in [0.1, 0.15) is 5.56 Å². The molecular formula is C18H16N2O2S. The normalized spacial score (nSPS) is 16.3. The fraction of sp³-hybridized carbons (Fsp3) is 0.111. The first-order chi connectivity index (χ1) is 11.1. The number of nitrogens with zero attached hydrogens (tertiary/aromatic N) is 2. The van der Waals surface area contributed by atoms with Gasteiger partial charge in [-0.15, -0.1) is 0 Å². The summed E-state index contributed by atoms with van der Waals surface area (Å²) in [5, 5.41) is -0.266. The molecule has 4 nitrogen and oxygen atoms in total. The minimum Gasteiger partial charge on any atom is -0.378 e. The molecule has 1 aliphatic rings. The molecule has 3 rings (SSSR count). The Morgan fingerprint density at radius 1 is 0.957 bits per heavy atom. The summed E-state index contributed by atoms with van der Waals surface area (Å²) < 4.78 is 0. The molecule has 0 aromatic heterocycles. The van der Waals surface area contributed by atoms with Crippen LogP contribution in [0.5, 0.6) is 0 Å². The number of carbonyl (C=O) groups is 2. The Morgan fingerprint density at radius 2 is 1.61 bits per heavy atom. The molecule has 0 radical (unpaired) electrons. The first-order valence-corrected chi connectivity index (χ1v) is 7.98. The molecule has 0 unspecified atom stereocenters. The molecule has 0 aliphatic carbocycles. The van der Waals surface area contributed by atoms with Crippen LogP contribution in [0.4, 0.5) is 16.2 Å². The number of hydrogen-bond donors (Lipinski definition) is 0. The fourth-order valence-corrected chi connectivity index (χ4v) is 3.13. The molecule has 1 saturated heterocycles. The topological polar surface area (TPSA) is 40.6 Å². The van der Waals surface area contributed by atoms with Crippen LogP contribution < -0.4 is 9.80 Å². The molecule has 5 heteroatoms. The molecule has 0 atom stereocenters. The molecule has 116 valence electrons. The summed E-state index contributed by atoms with van der Waals surface area (Å²) in [5.74, 6) is -0.275. The van der Waals surface area contributed by atoms with Gasteiger partial charge in [0.05, 0.1) is 10.6 Å².